The number of carbonyl (C=O) groups excluding carboxylic acids is 2. The highest BCUT2D eigenvalue weighted by Crippen LogP contribution is 2.00. The number of nitrogens with one attached hydrogen (secondary N) is 1. The van der Waals surface area contributed by atoms with Crippen molar-refractivity contribution < 1.29 is 24.2 Å². The van der Waals surface area contributed by atoms with Crippen molar-refractivity contribution in [2.24, 2.45) is 0 Å². The van der Waals surface area contributed by atoms with Crippen molar-refractivity contribution in [1.29, 1.82) is 0 Å². The predicted molar refractivity (Wildman–Crippen MR) is 64.0 cm³/mol. The standard InChI is InChI=1S/C11H18N2O5/c1-3-7-18-11(17)13(2)6-4-5-9(10(15)16)12-8-14/h3,8-9H,1,4-7H2,2H3,(H,12,14)(H,15,16). The number of aliphatic carboxylic acids is 1. The molecule has 0 bridgehead atoms. The highest BCUT2D eigenvalue weighted by molar-refractivity contribution is 5.76. The van der Waals surface area contributed by atoms with Crippen LogP contribution < -0.4 is 5.32 Å². The zero-order valence-electron chi connectivity index (χ0n) is 10.3. The van der Waals surface area contributed by atoms with Crippen LogP contribution in [0.2, 0.25) is 0 Å². The zero-order chi connectivity index (χ0) is 14.0. The molecule has 7 nitrogen and oxygen atoms in total. The van der Waals surface area contributed by atoms with E-state index < -0.39 is 18.1 Å². The van der Waals surface area contributed by atoms with Crippen molar-refractivity contribution in [3.63, 3.8) is 0 Å². The van der Waals surface area contributed by atoms with Gasteiger partial charge in [0, 0.05) is 13.6 Å². The molecule has 0 radical (unpaired) electrons. The first-order valence-corrected chi connectivity index (χ1v) is 5.44. The first kappa shape index (κ1) is 16.0. The van der Waals surface area contributed by atoms with Crippen LogP contribution in [0.3, 0.4) is 0 Å². The third-order valence-corrected chi connectivity index (χ3v) is 2.19. The van der Waals surface area contributed by atoms with E-state index in [2.05, 4.69) is 11.9 Å². The van der Waals surface area contributed by atoms with Gasteiger partial charge in [0.05, 0.1) is 0 Å². The lowest BCUT2D eigenvalue weighted by molar-refractivity contribution is -0.140. The summed E-state index contributed by atoms with van der Waals surface area (Å²) in [5.74, 6) is -1.10. The maximum Gasteiger partial charge on any atom is 0.409 e. The molecule has 1 unspecified atom stereocenters. The van der Waals surface area contributed by atoms with Gasteiger partial charge in [0.1, 0.15) is 12.6 Å². The first-order chi connectivity index (χ1) is 8.52. The number of rotatable bonds is 9. The molecule has 7 heteroatoms. The topological polar surface area (TPSA) is 95.9 Å². The second-order valence-electron chi connectivity index (χ2n) is 3.60. The van der Waals surface area contributed by atoms with Crippen LogP contribution in [0.15, 0.2) is 12.7 Å². The molecule has 0 aliphatic carbocycles. The van der Waals surface area contributed by atoms with Gasteiger partial charge in [0.15, 0.2) is 0 Å². The lowest BCUT2D eigenvalue weighted by Gasteiger charge is -2.17. The summed E-state index contributed by atoms with van der Waals surface area (Å²) >= 11 is 0. The molecule has 0 saturated heterocycles. The number of hydrogen-bond donors (Lipinski definition) is 2. The molecule has 0 fully saturated rings. The summed E-state index contributed by atoms with van der Waals surface area (Å²) in [5.41, 5.74) is 0. The molecule has 0 spiro atoms. The minimum atomic E-state index is -1.10. The predicted octanol–water partition coefficient (Wildman–Crippen LogP) is 0.220. The van der Waals surface area contributed by atoms with Crippen LogP contribution in [-0.4, -0.2) is 54.7 Å². The SMILES string of the molecule is C=CCOC(=O)N(C)CCCC(NC=O)C(=O)O. The fraction of sp³-hybridized carbons (Fsp3) is 0.545. The van der Waals surface area contributed by atoms with Gasteiger partial charge in [-0.2, -0.15) is 0 Å². The maximum absolute atomic E-state index is 11.3. The van der Waals surface area contributed by atoms with Gasteiger partial charge in [0.25, 0.3) is 0 Å². The summed E-state index contributed by atoms with van der Waals surface area (Å²) in [6, 6.07) is -0.930. The van der Waals surface area contributed by atoms with Crippen LogP contribution in [0, 0.1) is 0 Å². The van der Waals surface area contributed by atoms with Gasteiger partial charge in [-0.1, -0.05) is 12.7 Å². The molecule has 1 atom stereocenters. The quantitative estimate of drug-likeness (QED) is 0.455. The normalized spacial score (nSPS) is 11.2. The number of nitrogens with zero attached hydrogens (tertiary/aromatic N) is 1. The number of amides is 2. The molecule has 2 N–H and O–H groups in total. The Morgan fingerprint density at radius 1 is 1.56 bits per heavy atom. The largest absolute Gasteiger partial charge is 0.480 e. The molecule has 0 aromatic carbocycles. The number of carbonyl (C=O) groups is 3. The summed E-state index contributed by atoms with van der Waals surface area (Å²) in [5, 5.41) is 10.9. The molecule has 102 valence electrons. The lowest BCUT2D eigenvalue weighted by Crippen LogP contribution is -2.37. The summed E-state index contributed by atoms with van der Waals surface area (Å²) in [6.45, 7) is 3.89. The number of carboxylic acid groups (broad SMARTS) is 1. The minimum absolute atomic E-state index is 0.133. The molecule has 0 aliphatic rings. The molecule has 0 aromatic rings. The second kappa shape index (κ2) is 9.03. The van der Waals surface area contributed by atoms with Gasteiger partial charge in [-0.15, -0.1) is 0 Å². The Morgan fingerprint density at radius 2 is 2.22 bits per heavy atom. The van der Waals surface area contributed by atoms with Crippen LogP contribution in [0.4, 0.5) is 4.79 Å². The monoisotopic (exact) mass is 258 g/mol. The van der Waals surface area contributed by atoms with Crippen LogP contribution in [0.5, 0.6) is 0 Å². The van der Waals surface area contributed by atoms with E-state index in [-0.39, 0.29) is 13.0 Å². The Balaban J connectivity index is 3.93. The van der Waals surface area contributed by atoms with Crippen molar-refractivity contribution in [3.05, 3.63) is 12.7 Å². The van der Waals surface area contributed by atoms with Crippen LogP contribution in [0.25, 0.3) is 0 Å². The van der Waals surface area contributed by atoms with Crippen molar-refractivity contribution in [2.75, 3.05) is 20.2 Å². The summed E-state index contributed by atoms with van der Waals surface area (Å²) < 4.78 is 4.79. The molecule has 2 amide bonds. The third kappa shape index (κ3) is 6.51. The van der Waals surface area contributed by atoms with Crippen molar-refractivity contribution in [3.8, 4) is 0 Å². The second-order valence-corrected chi connectivity index (χ2v) is 3.60. The smallest absolute Gasteiger partial charge is 0.409 e. The molecule has 0 heterocycles. The van der Waals surface area contributed by atoms with Gasteiger partial charge in [0.2, 0.25) is 6.41 Å². The Morgan fingerprint density at radius 3 is 2.72 bits per heavy atom. The molecule has 0 aliphatic heterocycles. The Bertz CT molecular complexity index is 306. The summed E-state index contributed by atoms with van der Waals surface area (Å²) in [7, 11) is 1.55. The Hall–Kier alpha value is -2.05. The van der Waals surface area contributed by atoms with E-state index in [9.17, 15) is 14.4 Å². The van der Waals surface area contributed by atoms with E-state index in [4.69, 9.17) is 9.84 Å². The number of hydrogen-bond acceptors (Lipinski definition) is 4. The van der Waals surface area contributed by atoms with Crippen LogP contribution in [0.1, 0.15) is 12.8 Å². The average molecular weight is 258 g/mol. The van der Waals surface area contributed by atoms with Crippen molar-refractivity contribution in [2.45, 2.75) is 18.9 Å². The first-order valence-electron chi connectivity index (χ1n) is 5.44. The van der Waals surface area contributed by atoms with Gasteiger partial charge in [-0.3, -0.25) is 4.79 Å². The molecule has 18 heavy (non-hydrogen) atoms. The Labute approximate surface area is 105 Å². The minimum Gasteiger partial charge on any atom is -0.480 e. The lowest BCUT2D eigenvalue weighted by atomic mass is 10.1. The molecule has 0 rings (SSSR count). The van der Waals surface area contributed by atoms with Gasteiger partial charge in [-0.05, 0) is 12.8 Å². The maximum atomic E-state index is 11.3. The Kier molecular flexibility index (Phi) is 8.00. The van der Waals surface area contributed by atoms with Crippen molar-refractivity contribution >= 4 is 18.5 Å². The fourth-order valence-electron chi connectivity index (χ4n) is 1.22. The van der Waals surface area contributed by atoms with E-state index in [1.165, 1.54) is 11.0 Å². The van der Waals surface area contributed by atoms with Crippen LogP contribution in [-0.2, 0) is 14.3 Å². The van der Waals surface area contributed by atoms with Crippen molar-refractivity contribution in [1.82, 2.24) is 10.2 Å². The van der Waals surface area contributed by atoms with Gasteiger partial charge >= 0.3 is 12.1 Å². The highest BCUT2D eigenvalue weighted by Gasteiger charge is 2.16. The van der Waals surface area contributed by atoms with Gasteiger partial charge in [-0.25, -0.2) is 9.59 Å². The summed E-state index contributed by atoms with van der Waals surface area (Å²) in [6.07, 6.45) is 2.00. The third-order valence-electron chi connectivity index (χ3n) is 2.19. The average Bonchev–Trinajstić information content (AvgIpc) is 2.34. The van der Waals surface area contributed by atoms with E-state index in [1.54, 1.807) is 7.05 Å². The van der Waals surface area contributed by atoms with E-state index in [1.807, 2.05) is 0 Å². The highest BCUT2D eigenvalue weighted by atomic mass is 16.6. The fourth-order valence-corrected chi connectivity index (χ4v) is 1.22. The van der Waals surface area contributed by atoms with E-state index in [0.29, 0.717) is 19.4 Å². The number of carboxylic acids is 1. The molecule has 0 aromatic heterocycles. The zero-order valence-corrected chi connectivity index (χ0v) is 10.3. The summed E-state index contributed by atoms with van der Waals surface area (Å²) in [4.78, 5) is 33.5. The van der Waals surface area contributed by atoms with E-state index >= 15 is 0 Å². The van der Waals surface area contributed by atoms with E-state index in [0.717, 1.165) is 0 Å². The number of ether oxygens (including phenoxy) is 1. The molecular formula is C11H18N2O5. The molecule has 0 saturated carbocycles. The van der Waals surface area contributed by atoms with Crippen LogP contribution >= 0.6 is 0 Å². The molecular weight excluding hydrogens is 240 g/mol. The van der Waals surface area contributed by atoms with Gasteiger partial charge < -0.3 is 20.1 Å².